The minimum Gasteiger partial charge on any atom is -0.462 e. The molecular formula is C22H23N3O4. The number of H-pyrrole nitrogens is 1. The van der Waals surface area contributed by atoms with Gasteiger partial charge in [-0.2, -0.15) is 0 Å². The van der Waals surface area contributed by atoms with Gasteiger partial charge in [-0.15, -0.1) is 0 Å². The van der Waals surface area contributed by atoms with Gasteiger partial charge in [0.1, 0.15) is 6.42 Å². The third-order valence-corrected chi connectivity index (χ3v) is 4.39. The minimum atomic E-state index is -0.418. The zero-order valence-electron chi connectivity index (χ0n) is 16.2. The molecule has 0 spiro atoms. The van der Waals surface area contributed by atoms with Crippen molar-refractivity contribution >= 4 is 34.4 Å². The van der Waals surface area contributed by atoms with Crippen molar-refractivity contribution in [3.63, 3.8) is 0 Å². The average molecular weight is 393 g/mol. The van der Waals surface area contributed by atoms with E-state index in [4.69, 9.17) is 4.74 Å². The summed E-state index contributed by atoms with van der Waals surface area (Å²) in [6, 6.07) is 14.3. The number of para-hydroxylation sites is 1. The van der Waals surface area contributed by atoms with Crippen LogP contribution in [0, 0.1) is 0 Å². The molecule has 0 aliphatic rings. The lowest BCUT2D eigenvalue weighted by atomic mass is 10.1. The summed E-state index contributed by atoms with van der Waals surface area (Å²) in [5, 5.41) is 6.54. The Balaban J connectivity index is 1.43. The first-order chi connectivity index (χ1) is 14.1. The summed E-state index contributed by atoms with van der Waals surface area (Å²) in [6.45, 7) is 2.48. The van der Waals surface area contributed by atoms with Crippen LogP contribution in [0.25, 0.3) is 10.9 Å². The van der Waals surface area contributed by atoms with E-state index in [0.717, 1.165) is 16.5 Å². The van der Waals surface area contributed by atoms with E-state index in [9.17, 15) is 14.4 Å². The summed E-state index contributed by atoms with van der Waals surface area (Å²) in [5.74, 6) is -1.18. The summed E-state index contributed by atoms with van der Waals surface area (Å²) < 4.78 is 4.91. The SMILES string of the molecule is CCOC(=O)c1ccc(NC(=O)CC(=O)NCCc2c[nH]c3ccccc23)cc1. The minimum absolute atomic E-state index is 0.270. The predicted molar refractivity (Wildman–Crippen MR) is 111 cm³/mol. The number of rotatable bonds is 8. The molecule has 29 heavy (non-hydrogen) atoms. The van der Waals surface area contributed by atoms with E-state index in [2.05, 4.69) is 15.6 Å². The number of ether oxygens (including phenoxy) is 1. The topological polar surface area (TPSA) is 100 Å². The summed E-state index contributed by atoms with van der Waals surface area (Å²) in [6.07, 6.45) is 2.34. The van der Waals surface area contributed by atoms with Crippen LogP contribution in [-0.4, -0.2) is 35.9 Å². The van der Waals surface area contributed by atoms with Crippen molar-refractivity contribution in [1.29, 1.82) is 0 Å². The Bertz CT molecular complexity index is 1010. The Morgan fingerprint density at radius 1 is 1.00 bits per heavy atom. The van der Waals surface area contributed by atoms with Crippen molar-refractivity contribution in [2.45, 2.75) is 19.8 Å². The van der Waals surface area contributed by atoms with Gasteiger partial charge in [0.15, 0.2) is 0 Å². The van der Waals surface area contributed by atoms with Gasteiger partial charge in [-0.1, -0.05) is 18.2 Å². The predicted octanol–water partition coefficient (Wildman–Crippen LogP) is 3.03. The molecule has 0 aliphatic heterocycles. The highest BCUT2D eigenvalue weighted by Gasteiger charge is 2.11. The molecule has 3 N–H and O–H groups in total. The Hall–Kier alpha value is -3.61. The van der Waals surface area contributed by atoms with Gasteiger partial charge in [-0.05, 0) is 49.2 Å². The van der Waals surface area contributed by atoms with Gasteiger partial charge in [0.2, 0.25) is 11.8 Å². The van der Waals surface area contributed by atoms with E-state index < -0.39 is 11.9 Å². The molecule has 1 heterocycles. The lowest BCUT2D eigenvalue weighted by molar-refractivity contribution is -0.126. The maximum atomic E-state index is 12.0. The second kappa shape index (κ2) is 9.54. The quantitative estimate of drug-likeness (QED) is 0.404. The van der Waals surface area contributed by atoms with E-state index in [0.29, 0.717) is 30.8 Å². The van der Waals surface area contributed by atoms with Crippen molar-refractivity contribution in [2.24, 2.45) is 0 Å². The lowest BCUT2D eigenvalue weighted by Gasteiger charge is -2.07. The maximum Gasteiger partial charge on any atom is 0.338 e. The summed E-state index contributed by atoms with van der Waals surface area (Å²) in [5.41, 5.74) is 3.09. The number of fused-ring (bicyclic) bond motifs is 1. The van der Waals surface area contributed by atoms with Crippen LogP contribution in [-0.2, 0) is 20.7 Å². The van der Waals surface area contributed by atoms with Crippen LogP contribution >= 0.6 is 0 Å². The normalized spacial score (nSPS) is 10.5. The van der Waals surface area contributed by atoms with Gasteiger partial charge in [-0.25, -0.2) is 4.79 Å². The number of benzene rings is 2. The molecule has 0 radical (unpaired) electrons. The molecule has 0 fully saturated rings. The molecule has 0 unspecified atom stereocenters. The molecule has 0 bridgehead atoms. The second-order valence-corrected chi connectivity index (χ2v) is 6.48. The van der Waals surface area contributed by atoms with Gasteiger partial charge in [0, 0.05) is 29.3 Å². The smallest absolute Gasteiger partial charge is 0.338 e. The van der Waals surface area contributed by atoms with E-state index >= 15 is 0 Å². The van der Waals surface area contributed by atoms with Crippen LogP contribution in [0.2, 0.25) is 0 Å². The molecule has 7 nitrogen and oxygen atoms in total. The summed E-state index contributed by atoms with van der Waals surface area (Å²) in [7, 11) is 0. The van der Waals surface area contributed by atoms with Crippen molar-refractivity contribution < 1.29 is 19.1 Å². The highest BCUT2D eigenvalue weighted by atomic mass is 16.5. The molecule has 7 heteroatoms. The molecular weight excluding hydrogens is 370 g/mol. The molecule has 0 aliphatic carbocycles. The fourth-order valence-electron chi connectivity index (χ4n) is 2.99. The van der Waals surface area contributed by atoms with E-state index in [1.807, 2.05) is 30.5 Å². The van der Waals surface area contributed by atoms with Crippen LogP contribution in [0.5, 0.6) is 0 Å². The Morgan fingerprint density at radius 2 is 1.76 bits per heavy atom. The number of amides is 2. The van der Waals surface area contributed by atoms with E-state index in [1.54, 1.807) is 31.2 Å². The third kappa shape index (κ3) is 5.44. The molecule has 2 amide bonds. The van der Waals surface area contributed by atoms with Crippen LogP contribution in [0.15, 0.2) is 54.7 Å². The number of hydrogen-bond donors (Lipinski definition) is 3. The Labute approximate surface area is 168 Å². The maximum absolute atomic E-state index is 12.0. The van der Waals surface area contributed by atoms with Crippen molar-refractivity contribution in [1.82, 2.24) is 10.3 Å². The number of aromatic nitrogens is 1. The third-order valence-electron chi connectivity index (χ3n) is 4.39. The van der Waals surface area contributed by atoms with E-state index in [-0.39, 0.29) is 12.3 Å². The van der Waals surface area contributed by atoms with Crippen molar-refractivity contribution in [3.05, 3.63) is 65.9 Å². The van der Waals surface area contributed by atoms with Crippen molar-refractivity contribution in [3.8, 4) is 0 Å². The highest BCUT2D eigenvalue weighted by Crippen LogP contribution is 2.17. The van der Waals surface area contributed by atoms with Crippen molar-refractivity contribution in [2.75, 3.05) is 18.5 Å². The van der Waals surface area contributed by atoms with E-state index in [1.165, 1.54) is 0 Å². The number of hydrogen-bond acceptors (Lipinski definition) is 4. The lowest BCUT2D eigenvalue weighted by Crippen LogP contribution is -2.29. The second-order valence-electron chi connectivity index (χ2n) is 6.48. The molecule has 1 aromatic heterocycles. The van der Waals surface area contributed by atoms with Crippen LogP contribution in [0.1, 0.15) is 29.3 Å². The first kappa shape index (κ1) is 20.1. The number of carbonyl (C=O) groups is 3. The molecule has 2 aromatic carbocycles. The molecule has 3 aromatic rings. The Morgan fingerprint density at radius 3 is 2.52 bits per heavy atom. The summed E-state index contributed by atoms with van der Waals surface area (Å²) >= 11 is 0. The molecule has 0 saturated carbocycles. The number of esters is 1. The van der Waals surface area contributed by atoms with Gasteiger partial charge < -0.3 is 20.4 Å². The van der Waals surface area contributed by atoms with Crippen LogP contribution in [0.4, 0.5) is 5.69 Å². The number of nitrogens with one attached hydrogen (secondary N) is 3. The van der Waals surface area contributed by atoms with Gasteiger partial charge in [0.05, 0.1) is 12.2 Å². The summed E-state index contributed by atoms with van der Waals surface area (Å²) in [4.78, 5) is 38.9. The Kier molecular flexibility index (Phi) is 6.63. The van der Waals surface area contributed by atoms with Crippen LogP contribution in [0.3, 0.4) is 0 Å². The molecule has 0 saturated heterocycles. The van der Waals surface area contributed by atoms with Gasteiger partial charge in [0.25, 0.3) is 0 Å². The largest absolute Gasteiger partial charge is 0.462 e. The number of aromatic amines is 1. The van der Waals surface area contributed by atoms with Crippen LogP contribution < -0.4 is 10.6 Å². The highest BCUT2D eigenvalue weighted by molar-refractivity contribution is 6.03. The van der Waals surface area contributed by atoms with Gasteiger partial charge in [-0.3, -0.25) is 9.59 Å². The standard InChI is InChI=1S/C22H23N3O4/c1-2-29-22(28)15-7-9-17(10-8-15)25-21(27)13-20(26)23-12-11-16-14-24-19-6-4-3-5-18(16)19/h3-10,14,24H,2,11-13H2,1H3,(H,23,26)(H,25,27). The zero-order valence-corrected chi connectivity index (χ0v) is 16.2. The molecule has 150 valence electrons. The monoisotopic (exact) mass is 393 g/mol. The first-order valence-corrected chi connectivity index (χ1v) is 9.45. The average Bonchev–Trinajstić information content (AvgIpc) is 3.12. The first-order valence-electron chi connectivity index (χ1n) is 9.45. The fourth-order valence-corrected chi connectivity index (χ4v) is 2.99. The fraction of sp³-hybridized carbons (Fsp3) is 0.227. The number of carbonyl (C=O) groups excluding carboxylic acids is 3. The number of anilines is 1. The molecule has 0 atom stereocenters. The zero-order chi connectivity index (χ0) is 20.6. The molecule has 3 rings (SSSR count). The van der Waals surface area contributed by atoms with Gasteiger partial charge >= 0.3 is 5.97 Å².